The number of nitrogens with two attached hydrogens (primary N) is 1. The van der Waals surface area contributed by atoms with Gasteiger partial charge in [-0.2, -0.15) is 0 Å². The van der Waals surface area contributed by atoms with Gasteiger partial charge in [-0.1, -0.05) is 30.3 Å². The monoisotopic (exact) mass is 330 g/mol. The largest absolute Gasteiger partial charge is 0.329 e. The van der Waals surface area contributed by atoms with Crippen molar-refractivity contribution in [2.45, 2.75) is 57.4 Å². The average Bonchev–Trinajstić information content (AvgIpc) is 2.90. The van der Waals surface area contributed by atoms with Crippen LogP contribution in [0.1, 0.15) is 32.8 Å². The highest BCUT2D eigenvalue weighted by molar-refractivity contribution is 5.16. The highest BCUT2D eigenvalue weighted by Gasteiger charge is 2.47. The molecule has 3 rings (SSSR count). The van der Waals surface area contributed by atoms with E-state index < -0.39 is 0 Å². The van der Waals surface area contributed by atoms with E-state index in [1.54, 1.807) is 0 Å². The zero-order valence-corrected chi connectivity index (χ0v) is 15.8. The fourth-order valence-electron chi connectivity index (χ4n) is 4.60. The summed E-state index contributed by atoms with van der Waals surface area (Å²) in [4.78, 5) is 7.82. The van der Waals surface area contributed by atoms with Gasteiger partial charge in [-0.05, 0) is 39.8 Å². The maximum absolute atomic E-state index is 6.36. The Morgan fingerprint density at radius 3 is 2.25 bits per heavy atom. The normalized spacial score (nSPS) is 36.3. The molecule has 0 radical (unpaired) electrons. The van der Waals surface area contributed by atoms with Crippen LogP contribution in [0.25, 0.3) is 0 Å². The summed E-state index contributed by atoms with van der Waals surface area (Å²) in [7, 11) is 2.25. The first-order chi connectivity index (χ1) is 11.4. The van der Waals surface area contributed by atoms with Gasteiger partial charge in [0.2, 0.25) is 0 Å². The van der Waals surface area contributed by atoms with E-state index in [4.69, 9.17) is 5.73 Å². The number of nitrogens with zero attached hydrogens (tertiary/aromatic N) is 3. The van der Waals surface area contributed by atoms with Gasteiger partial charge < -0.3 is 5.73 Å². The van der Waals surface area contributed by atoms with Gasteiger partial charge in [0.15, 0.2) is 0 Å². The van der Waals surface area contributed by atoms with Gasteiger partial charge in [-0.15, -0.1) is 0 Å². The van der Waals surface area contributed by atoms with Gasteiger partial charge in [0.1, 0.15) is 0 Å². The molecule has 24 heavy (non-hydrogen) atoms. The molecule has 1 aromatic rings. The molecule has 2 saturated heterocycles. The third kappa shape index (κ3) is 3.38. The SMILES string of the molecule is CC1CC(CN)(N2CC(C)N(C)C(C)C2)CN1Cc1ccccc1. The van der Waals surface area contributed by atoms with Crippen LogP contribution in [0.3, 0.4) is 0 Å². The summed E-state index contributed by atoms with van der Waals surface area (Å²) in [6, 6.07) is 12.6. The Morgan fingerprint density at radius 1 is 1.04 bits per heavy atom. The molecule has 0 saturated carbocycles. The van der Waals surface area contributed by atoms with E-state index in [-0.39, 0.29) is 5.54 Å². The lowest BCUT2D eigenvalue weighted by Crippen LogP contribution is -2.65. The molecule has 4 unspecified atom stereocenters. The average molecular weight is 331 g/mol. The zero-order chi connectivity index (χ0) is 17.3. The summed E-state index contributed by atoms with van der Waals surface area (Å²) in [6.45, 7) is 12.2. The Hall–Kier alpha value is -0.940. The van der Waals surface area contributed by atoms with Crippen molar-refractivity contribution in [2.24, 2.45) is 5.73 Å². The molecule has 0 bridgehead atoms. The Balaban J connectivity index is 1.74. The number of likely N-dealkylation sites (tertiary alicyclic amines) is 1. The second-order valence-corrected chi connectivity index (χ2v) is 8.14. The summed E-state index contributed by atoms with van der Waals surface area (Å²) in [5.74, 6) is 0. The van der Waals surface area contributed by atoms with E-state index >= 15 is 0 Å². The second kappa shape index (κ2) is 7.12. The molecule has 0 amide bonds. The van der Waals surface area contributed by atoms with E-state index in [2.05, 4.69) is 72.9 Å². The topological polar surface area (TPSA) is 35.7 Å². The molecule has 2 N–H and O–H groups in total. The summed E-state index contributed by atoms with van der Waals surface area (Å²) >= 11 is 0. The predicted octanol–water partition coefficient (Wildman–Crippen LogP) is 2.00. The van der Waals surface area contributed by atoms with Crippen LogP contribution < -0.4 is 5.73 Å². The molecule has 2 aliphatic rings. The van der Waals surface area contributed by atoms with Crippen molar-refractivity contribution in [2.75, 3.05) is 33.2 Å². The molecule has 1 aromatic carbocycles. The Bertz CT molecular complexity index is 522. The molecular weight excluding hydrogens is 296 g/mol. The van der Waals surface area contributed by atoms with Gasteiger partial charge in [-0.3, -0.25) is 14.7 Å². The fraction of sp³-hybridized carbons (Fsp3) is 0.700. The van der Waals surface area contributed by atoms with Crippen molar-refractivity contribution in [3.8, 4) is 0 Å². The third-order valence-corrected chi connectivity index (χ3v) is 6.44. The lowest BCUT2D eigenvalue weighted by molar-refractivity contribution is -0.00619. The van der Waals surface area contributed by atoms with Gasteiger partial charge in [0.25, 0.3) is 0 Å². The lowest BCUT2D eigenvalue weighted by atomic mass is 9.91. The molecule has 4 heteroatoms. The lowest BCUT2D eigenvalue weighted by Gasteiger charge is -2.50. The minimum atomic E-state index is 0.137. The first-order valence-electron chi connectivity index (χ1n) is 9.40. The molecule has 2 heterocycles. The van der Waals surface area contributed by atoms with Crippen molar-refractivity contribution in [3.63, 3.8) is 0 Å². The van der Waals surface area contributed by atoms with Crippen LogP contribution in [0.5, 0.6) is 0 Å². The second-order valence-electron chi connectivity index (χ2n) is 8.14. The highest BCUT2D eigenvalue weighted by atomic mass is 15.4. The van der Waals surface area contributed by atoms with Crippen molar-refractivity contribution < 1.29 is 0 Å². The smallest absolute Gasteiger partial charge is 0.0474 e. The molecular formula is C20H34N4. The number of hydrogen-bond acceptors (Lipinski definition) is 4. The third-order valence-electron chi connectivity index (χ3n) is 6.44. The molecule has 2 fully saturated rings. The Kier molecular flexibility index (Phi) is 5.30. The van der Waals surface area contributed by atoms with Crippen molar-refractivity contribution in [1.82, 2.24) is 14.7 Å². The number of piperazine rings is 1. The predicted molar refractivity (Wildman–Crippen MR) is 101 cm³/mol. The van der Waals surface area contributed by atoms with E-state index in [0.29, 0.717) is 18.1 Å². The Morgan fingerprint density at radius 2 is 1.67 bits per heavy atom. The van der Waals surface area contributed by atoms with Crippen LogP contribution in [0.4, 0.5) is 0 Å². The van der Waals surface area contributed by atoms with Crippen LogP contribution in [0.15, 0.2) is 30.3 Å². The fourth-order valence-corrected chi connectivity index (χ4v) is 4.60. The summed E-state index contributed by atoms with van der Waals surface area (Å²) in [5.41, 5.74) is 7.90. The first-order valence-corrected chi connectivity index (χ1v) is 9.40. The van der Waals surface area contributed by atoms with E-state index in [9.17, 15) is 0 Å². The molecule has 4 nitrogen and oxygen atoms in total. The van der Waals surface area contributed by atoms with Crippen molar-refractivity contribution >= 4 is 0 Å². The van der Waals surface area contributed by atoms with Gasteiger partial charge in [-0.25, -0.2) is 0 Å². The number of benzene rings is 1. The molecule has 0 aliphatic carbocycles. The van der Waals surface area contributed by atoms with Gasteiger partial charge in [0.05, 0.1) is 0 Å². The van der Waals surface area contributed by atoms with Crippen LogP contribution in [-0.4, -0.2) is 71.6 Å². The molecule has 4 atom stereocenters. The van der Waals surface area contributed by atoms with Crippen LogP contribution in [0, 0.1) is 0 Å². The van der Waals surface area contributed by atoms with E-state index in [1.807, 2.05) is 0 Å². The maximum Gasteiger partial charge on any atom is 0.0474 e. The van der Waals surface area contributed by atoms with E-state index in [1.165, 1.54) is 12.0 Å². The standard InChI is InChI=1S/C20H34N4/c1-16-10-20(14-21,24-11-17(2)22(4)18(3)12-24)15-23(16)13-19-8-6-5-7-9-19/h5-9,16-18H,10-15,21H2,1-4H3. The number of rotatable bonds is 4. The van der Waals surface area contributed by atoms with Gasteiger partial charge >= 0.3 is 0 Å². The van der Waals surface area contributed by atoms with Crippen LogP contribution in [0.2, 0.25) is 0 Å². The molecule has 2 aliphatic heterocycles. The summed E-state index contributed by atoms with van der Waals surface area (Å²) < 4.78 is 0. The highest BCUT2D eigenvalue weighted by Crippen LogP contribution is 2.35. The molecule has 0 aromatic heterocycles. The maximum atomic E-state index is 6.36. The molecule has 134 valence electrons. The minimum Gasteiger partial charge on any atom is -0.329 e. The van der Waals surface area contributed by atoms with E-state index in [0.717, 1.165) is 32.7 Å². The quantitative estimate of drug-likeness (QED) is 0.916. The van der Waals surface area contributed by atoms with Crippen molar-refractivity contribution in [1.29, 1.82) is 0 Å². The zero-order valence-electron chi connectivity index (χ0n) is 15.8. The molecule has 0 spiro atoms. The minimum absolute atomic E-state index is 0.137. The summed E-state index contributed by atoms with van der Waals surface area (Å²) in [6.07, 6.45) is 1.18. The Labute approximate surface area is 147 Å². The first kappa shape index (κ1) is 17.9. The van der Waals surface area contributed by atoms with Gasteiger partial charge in [0, 0.05) is 56.4 Å². The van der Waals surface area contributed by atoms with Crippen molar-refractivity contribution in [3.05, 3.63) is 35.9 Å². The van der Waals surface area contributed by atoms with Crippen LogP contribution >= 0.6 is 0 Å². The van der Waals surface area contributed by atoms with Crippen LogP contribution in [-0.2, 0) is 6.54 Å². The summed E-state index contributed by atoms with van der Waals surface area (Å²) in [5, 5.41) is 0. The number of hydrogen-bond donors (Lipinski definition) is 1. The number of likely N-dealkylation sites (N-methyl/N-ethyl adjacent to an activating group) is 1.